The lowest BCUT2D eigenvalue weighted by atomic mass is 10.1. The molecule has 0 unspecified atom stereocenters. The van der Waals surface area contributed by atoms with E-state index in [1.54, 1.807) is 32.2 Å². The van der Waals surface area contributed by atoms with Crippen molar-refractivity contribution in [2.45, 2.75) is 40.2 Å². The van der Waals surface area contributed by atoms with Crippen molar-refractivity contribution in [1.82, 2.24) is 0 Å². The molecule has 7 nitrogen and oxygen atoms in total. The van der Waals surface area contributed by atoms with Crippen molar-refractivity contribution in [2.75, 3.05) is 13.7 Å². The normalized spacial score (nSPS) is 15.5. The number of carbonyl (C=O) groups is 2. The average molecular weight is 496 g/mol. The second kappa shape index (κ2) is 12.3. The number of hydrogen-bond donors (Lipinski definition) is 1. The molecule has 0 bridgehead atoms. The quantitative estimate of drug-likeness (QED) is 0.441. The number of esters is 1. The van der Waals surface area contributed by atoms with Gasteiger partial charge in [-0.25, -0.2) is 9.79 Å². The molecule has 0 aliphatic carbocycles. The molecule has 0 radical (unpaired) electrons. The number of aliphatic hydroxyl groups excluding tert-OH is 1. The van der Waals surface area contributed by atoms with Gasteiger partial charge in [-0.05, 0) is 49.6 Å². The number of nitrogens with zero attached hydrogens (tertiary/aromatic N) is 1. The van der Waals surface area contributed by atoms with E-state index in [-0.39, 0.29) is 35.3 Å². The summed E-state index contributed by atoms with van der Waals surface area (Å²) in [5.41, 5.74) is 2.83. The molecule has 2 aromatic carbocycles. The summed E-state index contributed by atoms with van der Waals surface area (Å²) in [6.07, 6.45) is 2.57. The maximum Gasteiger partial charge on any atom is 0.344 e. The van der Waals surface area contributed by atoms with Crippen molar-refractivity contribution in [3.05, 3.63) is 75.4 Å². The Labute approximate surface area is 209 Å². The number of aryl methyl sites for hydroxylation is 1. The Kier molecular flexibility index (Phi) is 9.14. The number of amides is 1. The number of rotatable bonds is 9. The van der Waals surface area contributed by atoms with Gasteiger partial charge in [0.15, 0.2) is 11.5 Å². The number of thioether (sulfide) groups is 1. The molecule has 0 saturated carbocycles. The van der Waals surface area contributed by atoms with Crippen LogP contribution in [0.4, 0.5) is 0 Å². The molecule has 0 spiro atoms. The van der Waals surface area contributed by atoms with Crippen LogP contribution in [-0.4, -0.2) is 35.7 Å². The maximum atomic E-state index is 12.4. The minimum Gasteiger partial charge on any atom is -0.506 e. The van der Waals surface area contributed by atoms with E-state index in [0.717, 1.165) is 17.3 Å². The molecule has 0 fully saturated rings. The molecule has 0 saturated heterocycles. The van der Waals surface area contributed by atoms with Crippen LogP contribution in [0.2, 0.25) is 0 Å². The molecular weight excluding hydrogens is 466 g/mol. The molecule has 35 heavy (non-hydrogen) atoms. The summed E-state index contributed by atoms with van der Waals surface area (Å²) in [5, 5.41) is 10.9. The summed E-state index contributed by atoms with van der Waals surface area (Å²) >= 11 is 1.05. The molecule has 1 aliphatic rings. The number of aliphatic imine (C=N–C) groups is 1. The van der Waals surface area contributed by atoms with Crippen LogP contribution < -0.4 is 9.47 Å². The molecule has 1 amide bonds. The van der Waals surface area contributed by atoms with Crippen LogP contribution in [0, 0.1) is 6.92 Å². The minimum atomic E-state index is -0.721. The van der Waals surface area contributed by atoms with Gasteiger partial charge in [0, 0.05) is 6.42 Å². The molecule has 3 rings (SSSR count). The fraction of sp³-hybridized carbons (Fsp3) is 0.296. The number of carbonyl (C=O) groups excluding carboxylic acids is 2. The lowest BCUT2D eigenvalue weighted by Crippen LogP contribution is -2.14. The van der Waals surface area contributed by atoms with E-state index in [9.17, 15) is 14.7 Å². The fourth-order valence-electron chi connectivity index (χ4n) is 3.26. The van der Waals surface area contributed by atoms with Crippen molar-refractivity contribution in [1.29, 1.82) is 0 Å². The molecular formula is C27H29NO6S. The van der Waals surface area contributed by atoms with Gasteiger partial charge in [-0.3, -0.25) is 4.79 Å². The van der Waals surface area contributed by atoms with E-state index in [0.29, 0.717) is 35.0 Å². The number of hydrogen-bond acceptors (Lipinski definition) is 7. The van der Waals surface area contributed by atoms with E-state index in [1.807, 2.05) is 44.2 Å². The van der Waals surface area contributed by atoms with Crippen molar-refractivity contribution in [3.8, 4) is 11.5 Å². The van der Waals surface area contributed by atoms with E-state index in [2.05, 4.69) is 4.99 Å². The number of methoxy groups -OCH3 is 1. The number of ether oxygens (including phenoxy) is 3. The van der Waals surface area contributed by atoms with Crippen LogP contribution >= 0.6 is 11.8 Å². The zero-order valence-electron chi connectivity index (χ0n) is 20.3. The lowest BCUT2D eigenvalue weighted by molar-refractivity contribution is -0.138. The number of aliphatic hydroxyl groups is 1. The fourth-order valence-corrected chi connectivity index (χ4v) is 4.30. The van der Waals surface area contributed by atoms with E-state index in [4.69, 9.17) is 14.2 Å². The second-order valence-electron chi connectivity index (χ2n) is 7.80. The van der Waals surface area contributed by atoms with Gasteiger partial charge in [-0.2, -0.15) is 0 Å². The van der Waals surface area contributed by atoms with E-state index in [1.165, 1.54) is 5.56 Å². The van der Waals surface area contributed by atoms with Crippen LogP contribution in [-0.2, 0) is 20.9 Å². The van der Waals surface area contributed by atoms with Gasteiger partial charge in [0.1, 0.15) is 23.0 Å². The molecule has 2 aromatic rings. The Bertz CT molecular complexity index is 1180. The van der Waals surface area contributed by atoms with Gasteiger partial charge in [0.05, 0.1) is 18.6 Å². The summed E-state index contributed by atoms with van der Waals surface area (Å²) in [4.78, 5) is 29.0. The zero-order valence-corrected chi connectivity index (χ0v) is 21.1. The zero-order chi connectivity index (χ0) is 25.4. The van der Waals surface area contributed by atoms with Crippen molar-refractivity contribution in [2.24, 2.45) is 4.99 Å². The van der Waals surface area contributed by atoms with Crippen LogP contribution in [0.5, 0.6) is 11.5 Å². The molecule has 1 aliphatic heterocycles. The van der Waals surface area contributed by atoms with Gasteiger partial charge in [-0.1, -0.05) is 54.6 Å². The molecule has 184 valence electrons. The predicted octanol–water partition coefficient (Wildman–Crippen LogP) is 5.77. The highest BCUT2D eigenvalue weighted by Gasteiger charge is 2.33. The first kappa shape index (κ1) is 26.1. The molecule has 8 heteroatoms. The Balaban J connectivity index is 1.87. The average Bonchev–Trinajstić information content (AvgIpc) is 3.13. The van der Waals surface area contributed by atoms with Gasteiger partial charge in [-0.15, -0.1) is 0 Å². The van der Waals surface area contributed by atoms with Crippen molar-refractivity contribution < 1.29 is 28.9 Å². The van der Waals surface area contributed by atoms with Gasteiger partial charge in [0.2, 0.25) is 5.91 Å². The third-order valence-corrected chi connectivity index (χ3v) is 6.08. The Morgan fingerprint density at radius 3 is 2.49 bits per heavy atom. The minimum absolute atomic E-state index is 0.0995. The Hall–Kier alpha value is -3.52. The van der Waals surface area contributed by atoms with Gasteiger partial charge in [0.25, 0.3) is 0 Å². The Morgan fingerprint density at radius 2 is 1.83 bits per heavy atom. The monoisotopic (exact) mass is 495 g/mol. The van der Waals surface area contributed by atoms with Crippen molar-refractivity contribution >= 4 is 34.8 Å². The molecule has 1 heterocycles. The smallest absolute Gasteiger partial charge is 0.344 e. The highest BCUT2D eigenvalue weighted by molar-refractivity contribution is 8.18. The second-order valence-corrected chi connectivity index (χ2v) is 8.83. The highest BCUT2D eigenvalue weighted by Crippen LogP contribution is 2.40. The van der Waals surface area contributed by atoms with Crippen molar-refractivity contribution in [3.63, 3.8) is 0 Å². The van der Waals surface area contributed by atoms with Crippen LogP contribution in [0.15, 0.2) is 63.7 Å². The first-order chi connectivity index (χ1) is 16.9. The maximum absolute atomic E-state index is 12.4. The van der Waals surface area contributed by atoms with Crippen LogP contribution in [0.25, 0.3) is 6.08 Å². The molecule has 0 aromatic heterocycles. The van der Waals surface area contributed by atoms with Gasteiger partial charge < -0.3 is 19.3 Å². The SMILES string of the molecule is CCCC(=O)N=C1S/C(=C\c2ccc(OCc3ccc(C)cc3)c(OC)c2)C(O)=C1C(=O)OCC. The summed E-state index contributed by atoms with van der Waals surface area (Å²) in [7, 11) is 1.55. The first-order valence-corrected chi connectivity index (χ1v) is 12.2. The highest BCUT2D eigenvalue weighted by atomic mass is 32.2. The third kappa shape index (κ3) is 6.76. The number of benzene rings is 2. The topological polar surface area (TPSA) is 94.4 Å². The van der Waals surface area contributed by atoms with E-state index >= 15 is 0 Å². The Morgan fingerprint density at radius 1 is 1.09 bits per heavy atom. The van der Waals surface area contributed by atoms with Gasteiger partial charge >= 0.3 is 5.97 Å². The summed E-state index contributed by atoms with van der Waals surface area (Å²) in [6, 6.07) is 13.5. The summed E-state index contributed by atoms with van der Waals surface area (Å²) < 4.78 is 16.5. The third-order valence-electron chi connectivity index (χ3n) is 5.06. The summed E-state index contributed by atoms with van der Waals surface area (Å²) in [5.74, 6) is -0.247. The first-order valence-electron chi connectivity index (χ1n) is 11.3. The standard InChI is InChI=1S/C27H29NO6S/c1-5-7-23(29)28-26-24(27(31)33-6-2)25(30)22(35-26)15-19-12-13-20(21(14-19)32-4)34-16-18-10-8-17(3)9-11-18/h8-15,30H,5-7,16H2,1-4H3/b22-15-,28-26?. The van der Waals surface area contributed by atoms with Crippen LogP contribution in [0.1, 0.15) is 43.4 Å². The lowest BCUT2D eigenvalue weighted by Gasteiger charge is -2.12. The summed E-state index contributed by atoms with van der Waals surface area (Å²) in [6.45, 7) is 6.10. The largest absolute Gasteiger partial charge is 0.506 e. The molecule has 0 atom stereocenters. The molecule has 1 N–H and O–H groups in total. The van der Waals surface area contributed by atoms with Crippen LogP contribution in [0.3, 0.4) is 0 Å². The predicted molar refractivity (Wildman–Crippen MR) is 138 cm³/mol. The van der Waals surface area contributed by atoms with E-state index < -0.39 is 5.97 Å².